The molecule has 0 nitrogen and oxygen atoms in total. The first kappa shape index (κ1) is 16.1. The van der Waals surface area contributed by atoms with Gasteiger partial charge in [0, 0.05) is 5.92 Å². The zero-order chi connectivity index (χ0) is 16.1. The Morgan fingerprint density at radius 2 is 1.39 bits per heavy atom. The van der Waals surface area contributed by atoms with E-state index in [0.29, 0.717) is 5.92 Å². The zero-order valence-corrected chi connectivity index (χ0v) is 14.5. The lowest BCUT2D eigenvalue weighted by molar-refractivity contribution is 0.746. The van der Waals surface area contributed by atoms with Crippen LogP contribution in [0.1, 0.15) is 75.0 Å². The van der Waals surface area contributed by atoms with Gasteiger partial charge in [-0.15, -0.1) is 0 Å². The van der Waals surface area contributed by atoms with Gasteiger partial charge in [0.15, 0.2) is 0 Å². The van der Waals surface area contributed by atoms with Gasteiger partial charge in [0.1, 0.15) is 0 Å². The standard InChI is InChI=1S/C23H28/c1-3-5-14-19-20-16-10-11-17-22(20)23(21(19)15-6-4-2)18-12-8-7-9-13-18/h7-13,16-17,23H,3-6,14-15H2,1-2H3. The predicted molar refractivity (Wildman–Crippen MR) is 101 cm³/mol. The molecule has 23 heavy (non-hydrogen) atoms. The summed E-state index contributed by atoms with van der Waals surface area (Å²) in [4.78, 5) is 0. The molecular formula is C23H28. The van der Waals surface area contributed by atoms with E-state index in [1.807, 2.05) is 0 Å². The third kappa shape index (κ3) is 3.27. The van der Waals surface area contributed by atoms with E-state index >= 15 is 0 Å². The Labute approximate surface area is 141 Å². The summed E-state index contributed by atoms with van der Waals surface area (Å²) in [6, 6.07) is 20.2. The third-order valence-corrected chi connectivity index (χ3v) is 5.05. The molecule has 2 aromatic carbocycles. The molecular weight excluding hydrogens is 276 g/mol. The highest BCUT2D eigenvalue weighted by atomic mass is 14.3. The Morgan fingerprint density at radius 3 is 2.13 bits per heavy atom. The smallest absolute Gasteiger partial charge is 0.0310 e. The largest absolute Gasteiger partial charge is 0.0654 e. The van der Waals surface area contributed by atoms with Gasteiger partial charge in [0.05, 0.1) is 0 Å². The number of unbranched alkanes of at least 4 members (excludes halogenated alkanes) is 2. The third-order valence-electron chi connectivity index (χ3n) is 5.05. The second-order valence-electron chi connectivity index (χ2n) is 6.64. The zero-order valence-electron chi connectivity index (χ0n) is 14.5. The van der Waals surface area contributed by atoms with Gasteiger partial charge >= 0.3 is 0 Å². The SMILES string of the molecule is CCCCC1=C(CCCC)C(c2ccccc2)c2ccccc21. The van der Waals surface area contributed by atoms with E-state index in [0.717, 1.165) is 0 Å². The van der Waals surface area contributed by atoms with Gasteiger partial charge in [0.25, 0.3) is 0 Å². The number of benzene rings is 2. The van der Waals surface area contributed by atoms with Crippen molar-refractivity contribution in [2.45, 2.75) is 58.3 Å². The number of hydrogen-bond donors (Lipinski definition) is 0. The average Bonchev–Trinajstić information content (AvgIpc) is 2.92. The fourth-order valence-electron chi connectivity index (χ4n) is 3.90. The molecule has 0 saturated heterocycles. The second-order valence-corrected chi connectivity index (χ2v) is 6.64. The van der Waals surface area contributed by atoms with Crippen molar-refractivity contribution in [1.82, 2.24) is 0 Å². The van der Waals surface area contributed by atoms with E-state index in [1.54, 1.807) is 11.1 Å². The van der Waals surface area contributed by atoms with Crippen molar-refractivity contribution in [3.63, 3.8) is 0 Å². The molecule has 2 aromatic rings. The number of allylic oxidation sites excluding steroid dienone is 2. The van der Waals surface area contributed by atoms with E-state index in [-0.39, 0.29) is 0 Å². The van der Waals surface area contributed by atoms with Crippen LogP contribution < -0.4 is 0 Å². The van der Waals surface area contributed by atoms with Crippen molar-refractivity contribution in [1.29, 1.82) is 0 Å². The number of fused-ring (bicyclic) bond motifs is 1. The minimum Gasteiger partial charge on any atom is -0.0654 e. The number of hydrogen-bond acceptors (Lipinski definition) is 0. The summed E-state index contributed by atoms with van der Waals surface area (Å²) in [5.74, 6) is 0.478. The predicted octanol–water partition coefficient (Wildman–Crippen LogP) is 6.97. The lowest BCUT2D eigenvalue weighted by atomic mass is 9.86. The minimum absolute atomic E-state index is 0.478. The lowest BCUT2D eigenvalue weighted by Crippen LogP contribution is -2.01. The Morgan fingerprint density at radius 1 is 0.739 bits per heavy atom. The Hall–Kier alpha value is -1.82. The summed E-state index contributed by atoms with van der Waals surface area (Å²) in [6.07, 6.45) is 7.59. The fraction of sp³-hybridized carbons (Fsp3) is 0.391. The summed E-state index contributed by atoms with van der Waals surface area (Å²) in [5.41, 5.74) is 7.83. The summed E-state index contributed by atoms with van der Waals surface area (Å²) in [6.45, 7) is 4.59. The first-order chi connectivity index (χ1) is 11.4. The second kappa shape index (κ2) is 7.64. The molecule has 0 radical (unpaired) electrons. The first-order valence-electron chi connectivity index (χ1n) is 9.23. The molecule has 1 aliphatic carbocycles. The van der Waals surface area contributed by atoms with E-state index < -0.39 is 0 Å². The molecule has 0 heteroatoms. The first-order valence-corrected chi connectivity index (χ1v) is 9.23. The van der Waals surface area contributed by atoms with E-state index in [9.17, 15) is 0 Å². The van der Waals surface area contributed by atoms with Crippen LogP contribution in [0.25, 0.3) is 5.57 Å². The molecule has 0 spiro atoms. The summed E-state index contributed by atoms with van der Waals surface area (Å²) in [5, 5.41) is 0. The normalized spacial score (nSPS) is 16.7. The average molecular weight is 304 g/mol. The van der Waals surface area contributed by atoms with Crippen molar-refractivity contribution in [3.8, 4) is 0 Å². The van der Waals surface area contributed by atoms with Crippen LogP contribution in [0.15, 0.2) is 60.2 Å². The van der Waals surface area contributed by atoms with Gasteiger partial charge in [-0.05, 0) is 47.9 Å². The molecule has 0 amide bonds. The molecule has 1 aliphatic rings. The van der Waals surface area contributed by atoms with Gasteiger partial charge in [-0.25, -0.2) is 0 Å². The molecule has 1 atom stereocenters. The summed E-state index contributed by atoms with van der Waals surface area (Å²) >= 11 is 0. The lowest BCUT2D eigenvalue weighted by Gasteiger charge is -2.18. The van der Waals surface area contributed by atoms with Crippen LogP contribution in [0.3, 0.4) is 0 Å². The topological polar surface area (TPSA) is 0 Å². The number of rotatable bonds is 7. The van der Waals surface area contributed by atoms with Crippen molar-refractivity contribution in [2.75, 3.05) is 0 Å². The van der Waals surface area contributed by atoms with Gasteiger partial charge < -0.3 is 0 Å². The molecule has 0 N–H and O–H groups in total. The van der Waals surface area contributed by atoms with Gasteiger partial charge in [-0.1, -0.05) is 86.9 Å². The maximum Gasteiger partial charge on any atom is 0.0310 e. The van der Waals surface area contributed by atoms with E-state index in [4.69, 9.17) is 0 Å². The highest BCUT2D eigenvalue weighted by Gasteiger charge is 2.30. The summed E-state index contributed by atoms with van der Waals surface area (Å²) < 4.78 is 0. The Balaban J connectivity index is 2.08. The molecule has 3 rings (SSSR count). The van der Waals surface area contributed by atoms with Crippen LogP contribution in [0, 0.1) is 0 Å². The maximum atomic E-state index is 2.35. The van der Waals surface area contributed by atoms with Crippen molar-refractivity contribution < 1.29 is 0 Å². The molecule has 0 aromatic heterocycles. The highest BCUT2D eigenvalue weighted by molar-refractivity contribution is 5.80. The van der Waals surface area contributed by atoms with Crippen molar-refractivity contribution in [2.24, 2.45) is 0 Å². The molecule has 0 heterocycles. The van der Waals surface area contributed by atoms with Gasteiger partial charge in [-0.3, -0.25) is 0 Å². The molecule has 0 saturated carbocycles. The van der Waals surface area contributed by atoms with Gasteiger partial charge in [-0.2, -0.15) is 0 Å². The van der Waals surface area contributed by atoms with E-state index in [2.05, 4.69) is 68.4 Å². The van der Waals surface area contributed by atoms with Crippen molar-refractivity contribution >= 4 is 5.57 Å². The van der Waals surface area contributed by atoms with Crippen LogP contribution in [0.5, 0.6) is 0 Å². The fourth-order valence-corrected chi connectivity index (χ4v) is 3.90. The van der Waals surface area contributed by atoms with Crippen molar-refractivity contribution in [3.05, 3.63) is 76.9 Å². The minimum atomic E-state index is 0.478. The van der Waals surface area contributed by atoms with Gasteiger partial charge in [0.2, 0.25) is 0 Å². The maximum absolute atomic E-state index is 2.35. The van der Waals surface area contributed by atoms with Crippen LogP contribution in [-0.4, -0.2) is 0 Å². The Kier molecular flexibility index (Phi) is 5.33. The molecule has 120 valence electrons. The van der Waals surface area contributed by atoms with Crippen LogP contribution in [0.2, 0.25) is 0 Å². The molecule has 0 fully saturated rings. The summed E-state index contributed by atoms with van der Waals surface area (Å²) in [7, 11) is 0. The Bertz CT molecular complexity index is 663. The quantitative estimate of drug-likeness (QED) is 0.518. The molecule has 1 unspecified atom stereocenters. The molecule has 0 aliphatic heterocycles. The highest BCUT2D eigenvalue weighted by Crippen LogP contribution is 2.48. The van der Waals surface area contributed by atoms with Crippen LogP contribution in [-0.2, 0) is 0 Å². The van der Waals surface area contributed by atoms with Crippen LogP contribution in [0.4, 0.5) is 0 Å². The van der Waals surface area contributed by atoms with E-state index in [1.165, 1.54) is 55.2 Å². The monoisotopic (exact) mass is 304 g/mol. The molecule has 0 bridgehead atoms. The van der Waals surface area contributed by atoms with Crippen LogP contribution >= 0.6 is 0 Å².